The minimum absolute atomic E-state index is 0.715. The summed E-state index contributed by atoms with van der Waals surface area (Å²) >= 11 is 0. The van der Waals surface area contributed by atoms with Gasteiger partial charge in [0.25, 0.3) is 0 Å². The van der Waals surface area contributed by atoms with Crippen molar-refractivity contribution >= 4 is 5.82 Å². The van der Waals surface area contributed by atoms with Gasteiger partial charge < -0.3 is 9.88 Å². The molecule has 1 saturated carbocycles. The molecule has 1 aliphatic carbocycles. The lowest BCUT2D eigenvalue weighted by atomic mass is 10.3. The van der Waals surface area contributed by atoms with E-state index >= 15 is 0 Å². The first kappa shape index (κ1) is 10.4. The quantitative estimate of drug-likeness (QED) is 0.874. The minimum atomic E-state index is 0.715. The zero-order chi connectivity index (χ0) is 11.8. The molecule has 0 amide bonds. The Morgan fingerprint density at radius 1 is 1.41 bits per heavy atom. The first-order chi connectivity index (χ1) is 8.24. The van der Waals surface area contributed by atoms with Crippen molar-refractivity contribution in [3.8, 4) is 0 Å². The van der Waals surface area contributed by atoms with E-state index in [4.69, 9.17) is 0 Å². The Morgan fingerprint density at radius 3 is 2.88 bits per heavy atom. The highest BCUT2D eigenvalue weighted by molar-refractivity contribution is 5.39. The third-order valence-electron chi connectivity index (χ3n) is 3.40. The van der Waals surface area contributed by atoms with E-state index in [0.717, 1.165) is 12.4 Å². The molecule has 1 aliphatic rings. The van der Waals surface area contributed by atoms with Gasteiger partial charge >= 0.3 is 0 Å². The number of hydrogen-bond donors (Lipinski definition) is 1. The first-order valence-electron chi connectivity index (χ1n) is 6.12. The molecule has 2 aromatic heterocycles. The highest BCUT2D eigenvalue weighted by Crippen LogP contribution is 2.39. The summed E-state index contributed by atoms with van der Waals surface area (Å²) in [6.07, 6.45) is 4.67. The lowest BCUT2D eigenvalue weighted by Gasteiger charge is -2.07. The van der Waals surface area contributed by atoms with E-state index in [1.165, 1.54) is 24.2 Å². The van der Waals surface area contributed by atoms with Gasteiger partial charge in [-0.3, -0.25) is 4.68 Å². The molecule has 0 spiro atoms. The molecule has 0 unspecified atom stereocenters. The van der Waals surface area contributed by atoms with Crippen LogP contribution in [0.3, 0.4) is 0 Å². The van der Waals surface area contributed by atoms with Crippen LogP contribution in [-0.4, -0.2) is 14.3 Å². The average molecular weight is 230 g/mol. The van der Waals surface area contributed by atoms with E-state index in [9.17, 15) is 0 Å². The molecule has 90 valence electrons. The van der Waals surface area contributed by atoms with Crippen molar-refractivity contribution in [2.24, 2.45) is 14.1 Å². The van der Waals surface area contributed by atoms with Gasteiger partial charge in [-0.25, -0.2) is 0 Å². The summed E-state index contributed by atoms with van der Waals surface area (Å²) in [5, 5.41) is 7.98. The number of rotatable bonds is 4. The highest BCUT2D eigenvalue weighted by Gasteiger charge is 2.26. The maximum absolute atomic E-state index is 4.54. The second kappa shape index (κ2) is 3.95. The summed E-state index contributed by atoms with van der Waals surface area (Å²) in [7, 11) is 4.06. The maximum Gasteiger partial charge on any atom is 0.124 e. The molecule has 0 aliphatic heterocycles. The molecule has 2 aromatic rings. The van der Waals surface area contributed by atoms with Crippen LogP contribution in [0.4, 0.5) is 5.82 Å². The second-order valence-electron chi connectivity index (χ2n) is 4.82. The van der Waals surface area contributed by atoms with Crippen LogP contribution in [0.25, 0.3) is 0 Å². The van der Waals surface area contributed by atoms with Gasteiger partial charge in [0.05, 0.1) is 12.2 Å². The Kier molecular flexibility index (Phi) is 2.42. The van der Waals surface area contributed by atoms with Crippen molar-refractivity contribution in [3.05, 3.63) is 35.8 Å². The van der Waals surface area contributed by atoms with E-state index in [1.54, 1.807) is 0 Å². The molecule has 2 heterocycles. The molecule has 4 nitrogen and oxygen atoms in total. The fourth-order valence-corrected chi connectivity index (χ4v) is 2.09. The number of nitrogens with zero attached hydrogens (tertiary/aromatic N) is 3. The third kappa shape index (κ3) is 2.07. The van der Waals surface area contributed by atoms with E-state index < -0.39 is 0 Å². The monoisotopic (exact) mass is 230 g/mol. The molecule has 17 heavy (non-hydrogen) atoms. The summed E-state index contributed by atoms with van der Waals surface area (Å²) in [6, 6.07) is 6.38. The summed E-state index contributed by atoms with van der Waals surface area (Å²) < 4.78 is 4.07. The Hall–Kier alpha value is -1.71. The van der Waals surface area contributed by atoms with Gasteiger partial charge in [-0.05, 0) is 25.0 Å². The van der Waals surface area contributed by atoms with Gasteiger partial charge in [-0.2, -0.15) is 5.10 Å². The minimum Gasteiger partial charge on any atom is -0.365 e. The molecular weight excluding hydrogens is 212 g/mol. The highest BCUT2D eigenvalue weighted by atomic mass is 15.3. The second-order valence-corrected chi connectivity index (χ2v) is 4.82. The fourth-order valence-electron chi connectivity index (χ4n) is 2.09. The van der Waals surface area contributed by atoms with Crippen LogP contribution in [0.5, 0.6) is 0 Å². The molecule has 3 rings (SSSR count). The topological polar surface area (TPSA) is 34.8 Å². The van der Waals surface area contributed by atoms with E-state index in [2.05, 4.69) is 46.4 Å². The van der Waals surface area contributed by atoms with Crippen molar-refractivity contribution in [1.29, 1.82) is 0 Å². The van der Waals surface area contributed by atoms with Crippen molar-refractivity contribution in [2.45, 2.75) is 25.3 Å². The van der Waals surface area contributed by atoms with E-state index in [1.807, 2.05) is 11.7 Å². The van der Waals surface area contributed by atoms with E-state index in [0.29, 0.717) is 5.92 Å². The maximum atomic E-state index is 4.54. The summed E-state index contributed by atoms with van der Waals surface area (Å²) in [6.45, 7) is 0.840. The summed E-state index contributed by atoms with van der Waals surface area (Å²) in [5.74, 6) is 1.82. The van der Waals surface area contributed by atoms with Gasteiger partial charge in [0.2, 0.25) is 0 Å². The van der Waals surface area contributed by atoms with Crippen molar-refractivity contribution in [2.75, 3.05) is 5.32 Å². The Morgan fingerprint density at radius 2 is 2.24 bits per heavy atom. The SMILES string of the molecule is Cn1cccc1CNc1cc(C2CC2)nn1C. The van der Waals surface area contributed by atoms with Crippen molar-refractivity contribution in [1.82, 2.24) is 14.3 Å². The lowest BCUT2D eigenvalue weighted by Crippen LogP contribution is -2.07. The zero-order valence-corrected chi connectivity index (χ0v) is 10.3. The Balaban J connectivity index is 1.70. The molecule has 1 fully saturated rings. The fraction of sp³-hybridized carbons (Fsp3) is 0.462. The number of aromatic nitrogens is 3. The molecule has 0 aromatic carbocycles. The van der Waals surface area contributed by atoms with Gasteiger partial charge in [-0.15, -0.1) is 0 Å². The molecule has 0 atom stereocenters. The predicted molar refractivity (Wildman–Crippen MR) is 67.9 cm³/mol. The first-order valence-corrected chi connectivity index (χ1v) is 6.12. The number of nitrogens with one attached hydrogen (secondary N) is 1. The van der Waals surface area contributed by atoms with Crippen LogP contribution in [0.15, 0.2) is 24.4 Å². The van der Waals surface area contributed by atoms with E-state index in [-0.39, 0.29) is 0 Å². The normalized spacial score (nSPS) is 15.2. The molecule has 0 radical (unpaired) electrons. The average Bonchev–Trinajstić information content (AvgIpc) is 2.98. The number of hydrogen-bond acceptors (Lipinski definition) is 2. The van der Waals surface area contributed by atoms with Crippen LogP contribution in [-0.2, 0) is 20.6 Å². The molecule has 0 saturated heterocycles. The predicted octanol–water partition coefficient (Wildman–Crippen LogP) is 2.25. The Bertz CT molecular complexity index is 519. The van der Waals surface area contributed by atoms with Gasteiger partial charge in [0.15, 0.2) is 0 Å². The number of anilines is 1. The van der Waals surface area contributed by atoms with Gasteiger partial charge in [0.1, 0.15) is 5.82 Å². The van der Waals surface area contributed by atoms with Crippen LogP contribution in [0.1, 0.15) is 30.1 Å². The van der Waals surface area contributed by atoms with Crippen LogP contribution in [0.2, 0.25) is 0 Å². The van der Waals surface area contributed by atoms with Gasteiger partial charge in [-0.1, -0.05) is 0 Å². The number of aryl methyl sites for hydroxylation is 2. The van der Waals surface area contributed by atoms with Crippen molar-refractivity contribution in [3.63, 3.8) is 0 Å². The van der Waals surface area contributed by atoms with Crippen molar-refractivity contribution < 1.29 is 0 Å². The molecule has 4 heteroatoms. The summed E-state index contributed by atoms with van der Waals surface area (Å²) in [5.41, 5.74) is 2.51. The van der Waals surface area contributed by atoms with Crippen LogP contribution < -0.4 is 5.32 Å². The lowest BCUT2D eigenvalue weighted by molar-refractivity contribution is 0.741. The Labute approximate surface area is 101 Å². The van der Waals surface area contributed by atoms with Crippen LogP contribution in [0, 0.1) is 0 Å². The summed E-state index contributed by atoms with van der Waals surface area (Å²) in [4.78, 5) is 0. The standard InChI is InChI=1S/C13H18N4/c1-16-7-3-4-11(16)9-14-13-8-12(10-5-6-10)15-17(13)2/h3-4,7-8,10,14H,5-6,9H2,1-2H3. The van der Waals surface area contributed by atoms with Crippen LogP contribution >= 0.6 is 0 Å². The molecular formula is C13H18N4. The zero-order valence-electron chi connectivity index (χ0n) is 10.3. The smallest absolute Gasteiger partial charge is 0.124 e. The molecule has 1 N–H and O–H groups in total. The third-order valence-corrected chi connectivity index (χ3v) is 3.40. The largest absolute Gasteiger partial charge is 0.365 e. The molecule has 0 bridgehead atoms. The van der Waals surface area contributed by atoms with Gasteiger partial charge in [0, 0.05) is 38.0 Å².